The van der Waals surface area contributed by atoms with E-state index in [1.165, 1.54) is 0 Å². The number of anilines is 1. The maximum atomic E-state index is 13.0. The molecule has 1 aromatic rings. The zero-order chi connectivity index (χ0) is 22.1. The summed E-state index contributed by atoms with van der Waals surface area (Å²) in [7, 11) is 0. The quantitative estimate of drug-likeness (QED) is 0.326. The molecule has 0 aliphatic heterocycles. The largest absolute Gasteiger partial charge is 0.471 e. The molecule has 2 atom stereocenters. The average Bonchev–Trinajstić information content (AvgIpc) is 2.81. The van der Waals surface area contributed by atoms with Crippen molar-refractivity contribution in [2.24, 2.45) is 5.92 Å². The summed E-state index contributed by atoms with van der Waals surface area (Å²) >= 11 is 0.983. The van der Waals surface area contributed by atoms with E-state index in [4.69, 9.17) is 0 Å². The maximum Gasteiger partial charge on any atom is 0.471 e. The lowest BCUT2D eigenvalue weighted by atomic mass is 9.93. The van der Waals surface area contributed by atoms with Crippen molar-refractivity contribution in [3.63, 3.8) is 0 Å². The molecule has 3 N–H and O–H groups in total. The highest BCUT2D eigenvalue weighted by Gasteiger charge is 2.41. The van der Waals surface area contributed by atoms with Gasteiger partial charge >= 0.3 is 18.3 Å². The first kappa shape index (κ1) is 22.9. The monoisotopic (exact) mass is 456 g/mol. The van der Waals surface area contributed by atoms with Crippen LogP contribution < -0.4 is 10.6 Å². The summed E-state index contributed by atoms with van der Waals surface area (Å²) in [6.45, 7) is 0. The highest BCUT2D eigenvalue weighted by atomic mass is 32.1. The van der Waals surface area contributed by atoms with Crippen molar-refractivity contribution >= 4 is 22.2 Å². The van der Waals surface area contributed by atoms with Gasteiger partial charge in [0.05, 0.1) is 5.92 Å². The van der Waals surface area contributed by atoms with Gasteiger partial charge in [-0.1, -0.05) is 12.5 Å². The number of carbonyl (C=O) groups excluding carboxylic acids is 1. The van der Waals surface area contributed by atoms with Gasteiger partial charge < -0.3 is 15.7 Å². The first-order chi connectivity index (χ1) is 14.0. The molecular formula is C19H22F6N2O2S. The normalized spacial score (nSPS) is 21.3. The van der Waals surface area contributed by atoms with Gasteiger partial charge in [-0.2, -0.15) is 26.3 Å². The Morgan fingerprint density at radius 2 is 1.77 bits per heavy atom. The van der Waals surface area contributed by atoms with Crippen molar-refractivity contribution in [2.45, 2.75) is 69.9 Å². The molecule has 1 heterocycles. The van der Waals surface area contributed by atoms with Crippen LogP contribution in [0.25, 0.3) is 0 Å². The number of nitrogens with one attached hydrogen (secondary N) is 2. The minimum absolute atomic E-state index is 0.0501. The van der Waals surface area contributed by atoms with Gasteiger partial charge in [-0.05, 0) is 50.5 Å². The number of halogens is 6. The van der Waals surface area contributed by atoms with Gasteiger partial charge in [-0.25, -0.2) is 0 Å². The minimum atomic E-state index is -5.09. The summed E-state index contributed by atoms with van der Waals surface area (Å²) in [6, 6.07) is 0. The molecule has 30 heavy (non-hydrogen) atoms. The van der Waals surface area contributed by atoms with Crippen LogP contribution in [-0.2, 0) is 17.6 Å². The van der Waals surface area contributed by atoms with Gasteiger partial charge in [0, 0.05) is 16.1 Å². The lowest BCUT2D eigenvalue weighted by Gasteiger charge is -2.26. The predicted molar refractivity (Wildman–Crippen MR) is 99.8 cm³/mol. The number of thiophene rings is 1. The van der Waals surface area contributed by atoms with Crippen molar-refractivity contribution < 1.29 is 36.2 Å². The van der Waals surface area contributed by atoms with Crippen molar-refractivity contribution in [1.82, 2.24) is 5.32 Å². The second kappa shape index (κ2) is 8.78. The van der Waals surface area contributed by atoms with Crippen molar-refractivity contribution in [3.05, 3.63) is 27.8 Å². The third kappa shape index (κ3) is 5.29. The van der Waals surface area contributed by atoms with E-state index in [9.17, 15) is 36.2 Å². The fourth-order valence-electron chi connectivity index (χ4n) is 3.87. The first-order valence-electron chi connectivity index (χ1n) is 9.71. The first-order valence-corrected chi connectivity index (χ1v) is 10.5. The number of aryl methyl sites for hydroxylation is 1. The Kier molecular flexibility index (Phi) is 6.71. The smallest absolute Gasteiger partial charge is 0.369 e. The Morgan fingerprint density at radius 3 is 2.43 bits per heavy atom. The van der Waals surface area contributed by atoms with Crippen LogP contribution in [0.5, 0.6) is 0 Å². The zero-order valence-electron chi connectivity index (χ0n) is 15.9. The number of hydrogen-bond acceptors (Lipinski definition) is 4. The Labute approximate surface area is 173 Å². The molecule has 0 fully saturated rings. The summed E-state index contributed by atoms with van der Waals surface area (Å²) in [5.74, 6) is -3.79. The molecule has 1 aromatic heterocycles. The standard InChI is InChI=1S/C19H22F6N2O2S/c20-18(21,22)10-5-4-6-11(9-10)26-15(28)14-12-7-2-1-3-8-13(12)30-16(14)27-17(29)19(23,24)25/h9-10,15,26,28H,1-8H2,(H,27,29). The van der Waals surface area contributed by atoms with Crippen LogP contribution in [0.4, 0.5) is 31.3 Å². The molecule has 0 saturated heterocycles. The molecule has 11 heteroatoms. The van der Waals surface area contributed by atoms with Crippen molar-refractivity contribution in [2.75, 3.05) is 5.32 Å². The van der Waals surface area contributed by atoms with Crippen LogP contribution in [-0.4, -0.2) is 23.4 Å². The second-order valence-electron chi connectivity index (χ2n) is 7.54. The molecule has 0 saturated carbocycles. The molecule has 3 rings (SSSR count). The van der Waals surface area contributed by atoms with Crippen LogP contribution in [0.15, 0.2) is 11.8 Å². The van der Waals surface area contributed by atoms with E-state index >= 15 is 0 Å². The highest BCUT2D eigenvalue weighted by Crippen LogP contribution is 2.42. The third-order valence-electron chi connectivity index (χ3n) is 5.33. The number of amides is 1. The van der Waals surface area contributed by atoms with Gasteiger partial charge in [0.25, 0.3) is 0 Å². The van der Waals surface area contributed by atoms with Crippen LogP contribution in [0.3, 0.4) is 0 Å². The zero-order valence-corrected chi connectivity index (χ0v) is 16.7. The van der Waals surface area contributed by atoms with E-state index in [0.29, 0.717) is 24.8 Å². The molecule has 2 aliphatic carbocycles. The van der Waals surface area contributed by atoms with E-state index < -0.39 is 30.4 Å². The molecule has 0 bridgehead atoms. The molecule has 0 aromatic carbocycles. The average molecular weight is 456 g/mol. The highest BCUT2D eigenvalue weighted by molar-refractivity contribution is 7.16. The number of fused-ring (bicyclic) bond motifs is 1. The van der Waals surface area contributed by atoms with Gasteiger partial charge in [0.2, 0.25) is 0 Å². The third-order valence-corrected chi connectivity index (χ3v) is 6.55. The summed E-state index contributed by atoms with van der Waals surface area (Å²) in [4.78, 5) is 12.2. The van der Waals surface area contributed by atoms with Crippen LogP contribution in [0, 0.1) is 5.92 Å². The van der Waals surface area contributed by atoms with E-state index in [-0.39, 0.29) is 29.1 Å². The number of allylic oxidation sites excluding steroid dienone is 2. The molecule has 2 unspecified atom stereocenters. The Morgan fingerprint density at radius 1 is 1.07 bits per heavy atom. The molecule has 1 amide bonds. The molecule has 4 nitrogen and oxygen atoms in total. The number of aliphatic hydroxyl groups is 1. The topological polar surface area (TPSA) is 61.4 Å². The summed E-state index contributed by atoms with van der Waals surface area (Å²) in [6.07, 6.45) is -5.82. The van der Waals surface area contributed by atoms with Crippen LogP contribution >= 0.6 is 11.3 Å². The fourth-order valence-corrected chi connectivity index (χ4v) is 5.19. The van der Waals surface area contributed by atoms with Gasteiger partial charge in [0.15, 0.2) is 6.23 Å². The molecular weight excluding hydrogens is 434 g/mol. The maximum absolute atomic E-state index is 13.0. The van der Waals surface area contributed by atoms with Crippen molar-refractivity contribution in [3.8, 4) is 0 Å². The Hall–Kier alpha value is -1.75. The summed E-state index contributed by atoms with van der Waals surface area (Å²) < 4.78 is 77.3. The molecule has 0 spiro atoms. The van der Waals surface area contributed by atoms with Crippen molar-refractivity contribution in [1.29, 1.82) is 0 Å². The fraction of sp³-hybridized carbons (Fsp3) is 0.632. The minimum Gasteiger partial charge on any atom is -0.369 e. The second-order valence-corrected chi connectivity index (χ2v) is 8.64. The van der Waals surface area contributed by atoms with Crippen LogP contribution in [0.1, 0.15) is 60.8 Å². The number of aliphatic hydroxyl groups excluding tert-OH is 1. The number of hydrogen-bond donors (Lipinski definition) is 3. The van der Waals surface area contributed by atoms with E-state index in [2.05, 4.69) is 5.32 Å². The predicted octanol–water partition coefficient (Wildman–Crippen LogP) is 5.34. The molecule has 0 radical (unpaired) electrons. The molecule has 168 valence electrons. The Balaban J connectivity index is 1.90. The van der Waals surface area contributed by atoms with E-state index in [0.717, 1.165) is 41.6 Å². The van der Waals surface area contributed by atoms with Crippen LogP contribution in [0.2, 0.25) is 0 Å². The lowest BCUT2D eigenvalue weighted by Crippen LogP contribution is -2.31. The SMILES string of the molecule is O=C(Nc1sc2c(c1C(O)NC1=CC(C(F)(F)F)CCC1)CCCCC2)C(F)(F)F. The summed E-state index contributed by atoms with van der Waals surface area (Å²) in [5, 5.41) is 15.1. The number of carbonyl (C=O) groups is 1. The lowest BCUT2D eigenvalue weighted by molar-refractivity contribution is -0.167. The summed E-state index contributed by atoms with van der Waals surface area (Å²) in [5.41, 5.74) is 0.973. The van der Waals surface area contributed by atoms with E-state index in [1.54, 1.807) is 0 Å². The molecule has 2 aliphatic rings. The van der Waals surface area contributed by atoms with Gasteiger partial charge in [-0.3, -0.25) is 4.79 Å². The number of alkyl halides is 6. The van der Waals surface area contributed by atoms with Gasteiger partial charge in [0.1, 0.15) is 5.00 Å². The number of rotatable bonds is 4. The van der Waals surface area contributed by atoms with Gasteiger partial charge in [-0.15, -0.1) is 11.3 Å². The van der Waals surface area contributed by atoms with E-state index in [1.807, 2.05) is 5.32 Å². The Bertz CT molecular complexity index is 815.